The number of fused-ring (bicyclic) bond motifs is 1. The average Bonchev–Trinajstić information content (AvgIpc) is 3.23. The molecule has 0 atom stereocenters. The van der Waals surface area contributed by atoms with Gasteiger partial charge in [0.25, 0.3) is 0 Å². The Bertz CT molecular complexity index is 673. The second kappa shape index (κ2) is 10.1. The van der Waals surface area contributed by atoms with Crippen LogP contribution in [0, 0.1) is 5.92 Å². The van der Waals surface area contributed by atoms with Gasteiger partial charge in [0.15, 0.2) is 0 Å². The number of nitrogens with zero attached hydrogens (tertiary/aromatic N) is 3. The minimum absolute atomic E-state index is 0.424. The number of likely N-dealkylation sites (tertiary alicyclic amines) is 1. The lowest BCUT2D eigenvalue weighted by molar-refractivity contribution is -0.120. The molecule has 3 aliphatic rings. The van der Waals surface area contributed by atoms with Crippen molar-refractivity contribution in [3.8, 4) is 0 Å². The zero-order valence-electron chi connectivity index (χ0n) is 18.4. The standard InChI is InChI=1S/C25H39N3O/c1-2-5-23(29)20-27-14-11-21(12-15-27)10-13-26-16-18-28(19-17-26)25-9-4-7-22-6-3-8-24(22)25/h4,7,9,21H,2-3,5-6,8,10-20H2,1H3. The monoisotopic (exact) mass is 397 g/mol. The second-order valence-corrected chi connectivity index (χ2v) is 9.39. The fourth-order valence-electron chi connectivity index (χ4n) is 5.51. The van der Waals surface area contributed by atoms with Crippen molar-refractivity contribution in [1.82, 2.24) is 9.80 Å². The molecule has 0 amide bonds. The highest BCUT2D eigenvalue weighted by atomic mass is 16.1. The molecule has 0 N–H and O–H groups in total. The normalized spacial score (nSPS) is 21.5. The Balaban J connectivity index is 1.16. The third-order valence-electron chi connectivity index (χ3n) is 7.32. The lowest BCUT2D eigenvalue weighted by Gasteiger charge is -2.38. The number of benzene rings is 1. The van der Waals surface area contributed by atoms with Crippen LogP contribution >= 0.6 is 0 Å². The predicted octanol–water partition coefficient (Wildman–Crippen LogP) is 3.77. The third-order valence-corrected chi connectivity index (χ3v) is 7.32. The van der Waals surface area contributed by atoms with Crippen molar-refractivity contribution in [2.75, 3.05) is 57.3 Å². The number of hydrogen-bond donors (Lipinski definition) is 0. The largest absolute Gasteiger partial charge is 0.369 e. The van der Waals surface area contributed by atoms with Gasteiger partial charge in [0, 0.05) is 38.3 Å². The van der Waals surface area contributed by atoms with Crippen molar-refractivity contribution < 1.29 is 4.79 Å². The lowest BCUT2D eigenvalue weighted by atomic mass is 9.93. The molecule has 0 aromatic heterocycles. The number of ketones is 1. The number of rotatable bonds is 8. The van der Waals surface area contributed by atoms with Gasteiger partial charge in [-0.2, -0.15) is 0 Å². The van der Waals surface area contributed by atoms with Crippen molar-refractivity contribution in [3.05, 3.63) is 29.3 Å². The summed E-state index contributed by atoms with van der Waals surface area (Å²) >= 11 is 0. The van der Waals surface area contributed by atoms with Crippen LogP contribution in [0.3, 0.4) is 0 Å². The zero-order chi connectivity index (χ0) is 20.1. The van der Waals surface area contributed by atoms with E-state index in [0.29, 0.717) is 12.3 Å². The van der Waals surface area contributed by atoms with Gasteiger partial charge in [-0.3, -0.25) is 14.6 Å². The number of hydrogen-bond acceptors (Lipinski definition) is 4. The molecule has 0 spiro atoms. The van der Waals surface area contributed by atoms with E-state index in [-0.39, 0.29) is 0 Å². The van der Waals surface area contributed by atoms with E-state index in [2.05, 4.69) is 39.8 Å². The van der Waals surface area contributed by atoms with E-state index in [1.54, 1.807) is 11.1 Å². The van der Waals surface area contributed by atoms with Crippen LogP contribution in [-0.4, -0.2) is 67.9 Å². The van der Waals surface area contributed by atoms with Gasteiger partial charge in [-0.25, -0.2) is 0 Å². The fourth-order valence-corrected chi connectivity index (χ4v) is 5.51. The van der Waals surface area contributed by atoms with Gasteiger partial charge in [-0.05, 0) is 87.7 Å². The number of anilines is 1. The molecule has 1 aromatic carbocycles. The number of aryl methyl sites for hydroxylation is 1. The molecule has 2 heterocycles. The molecule has 0 saturated carbocycles. The predicted molar refractivity (Wildman–Crippen MR) is 121 cm³/mol. The first kappa shape index (κ1) is 20.9. The molecule has 0 bridgehead atoms. The lowest BCUT2D eigenvalue weighted by Crippen LogP contribution is -2.47. The molecule has 160 valence electrons. The van der Waals surface area contributed by atoms with Gasteiger partial charge in [-0.15, -0.1) is 0 Å². The van der Waals surface area contributed by atoms with E-state index < -0.39 is 0 Å². The van der Waals surface area contributed by atoms with E-state index in [9.17, 15) is 4.79 Å². The Morgan fingerprint density at radius 1 is 1.00 bits per heavy atom. The molecular weight excluding hydrogens is 358 g/mol. The molecule has 4 heteroatoms. The van der Waals surface area contributed by atoms with Gasteiger partial charge in [0.1, 0.15) is 5.78 Å². The van der Waals surface area contributed by atoms with Gasteiger partial charge in [0.05, 0.1) is 6.54 Å². The van der Waals surface area contributed by atoms with Crippen LogP contribution in [-0.2, 0) is 17.6 Å². The van der Waals surface area contributed by atoms with E-state index >= 15 is 0 Å². The van der Waals surface area contributed by atoms with Crippen LogP contribution in [0.1, 0.15) is 56.6 Å². The van der Waals surface area contributed by atoms with Crippen molar-refractivity contribution in [3.63, 3.8) is 0 Å². The van der Waals surface area contributed by atoms with E-state index in [0.717, 1.165) is 31.8 Å². The van der Waals surface area contributed by atoms with Gasteiger partial charge >= 0.3 is 0 Å². The van der Waals surface area contributed by atoms with Crippen LogP contribution in [0.4, 0.5) is 5.69 Å². The molecular formula is C25H39N3O. The Kier molecular flexibility index (Phi) is 7.25. The molecule has 4 rings (SSSR count). The Morgan fingerprint density at radius 2 is 1.79 bits per heavy atom. The number of carbonyl (C=O) groups is 1. The maximum absolute atomic E-state index is 11.9. The number of piperazine rings is 1. The zero-order valence-corrected chi connectivity index (χ0v) is 18.4. The van der Waals surface area contributed by atoms with Crippen molar-refractivity contribution in [1.29, 1.82) is 0 Å². The third kappa shape index (κ3) is 5.40. The molecule has 0 radical (unpaired) electrons. The van der Waals surface area contributed by atoms with Gasteiger partial charge in [-0.1, -0.05) is 19.1 Å². The minimum atomic E-state index is 0.424. The second-order valence-electron chi connectivity index (χ2n) is 9.39. The van der Waals surface area contributed by atoms with E-state index in [1.165, 1.54) is 76.9 Å². The van der Waals surface area contributed by atoms with Crippen LogP contribution in [0.15, 0.2) is 18.2 Å². The topological polar surface area (TPSA) is 26.8 Å². The molecule has 4 nitrogen and oxygen atoms in total. The van der Waals surface area contributed by atoms with Crippen LogP contribution in [0.25, 0.3) is 0 Å². The quantitative estimate of drug-likeness (QED) is 0.667. The summed E-state index contributed by atoms with van der Waals surface area (Å²) in [5, 5.41) is 0. The summed E-state index contributed by atoms with van der Waals surface area (Å²) in [5.74, 6) is 1.27. The molecule has 1 aliphatic carbocycles. The maximum atomic E-state index is 11.9. The summed E-state index contributed by atoms with van der Waals surface area (Å²) in [4.78, 5) is 19.6. The highest BCUT2D eigenvalue weighted by molar-refractivity contribution is 5.80. The fraction of sp³-hybridized carbons (Fsp3) is 0.720. The molecule has 1 aromatic rings. The first-order valence-corrected chi connectivity index (χ1v) is 12.0. The van der Waals surface area contributed by atoms with Crippen LogP contribution in [0.2, 0.25) is 0 Å². The molecule has 2 fully saturated rings. The van der Waals surface area contributed by atoms with Crippen molar-refractivity contribution in [2.24, 2.45) is 5.92 Å². The Morgan fingerprint density at radius 3 is 2.55 bits per heavy atom. The van der Waals surface area contributed by atoms with Gasteiger partial charge < -0.3 is 4.90 Å². The van der Waals surface area contributed by atoms with Crippen molar-refractivity contribution >= 4 is 11.5 Å². The first-order valence-electron chi connectivity index (χ1n) is 12.0. The summed E-state index contributed by atoms with van der Waals surface area (Å²) < 4.78 is 0. The average molecular weight is 398 g/mol. The maximum Gasteiger partial charge on any atom is 0.146 e. The highest BCUT2D eigenvalue weighted by Crippen LogP contribution is 2.32. The molecule has 2 saturated heterocycles. The molecule has 29 heavy (non-hydrogen) atoms. The number of Topliss-reactive ketones (excluding diaryl/α,β-unsaturated/α-hetero) is 1. The van der Waals surface area contributed by atoms with Crippen LogP contribution in [0.5, 0.6) is 0 Å². The summed E-state index contributed by atoms with van der Waals surface area (Å²) in [7, 11) is 0. The molecule has 0 unspecified atom stereocenters. The van der Waals surface area contributed by atoms with E-state index in [1.807, 2.05) is 0 Å². The minimum Gasteiger partial charge on any atom is -0.369 e. The Labute approximate surface area is 177 Å². The highest BCUT2D eigenvalue weighted by Gasteiger charge is 2.24. The number of piperidine rings is 1. The molecule has 2 aliphatic heterocycles. The Hall–Kier alpha value is -1.39. The van der Waals surface area contributed by atoms with Gasteiger partial charge in [0.2, 0.25) is 0 Å². The van der Waals surface area contributed by atoms with Crippen LogP contribution < -0.4 is 4.90 Å². The first-order chi connectivity index (χ1) is 14.2. The summed E-state index contributed by atoms with van der Waals surface area (Å²) in [6, 6.07) is 6.93. The summed E-state index contributed by atoms with van der Waals surface area (Å²) in [6.45, 7) is 11.0. The van der Waals surface area contributed by atoms with Crippen molar-refractivity contribution in [2.45, 2.75) is 58.3 Å². The SMILES string of the molecule is CCCC(=O)CN1CCC(CCN2CCN(c3cccc4c3CCC4)CC2)CC1. The summed E-state index contributed by atoms with van der Waals surface area (Å²) in [5.41, 5.74) is 4.74. The number of carbonyl (C=O) groups excluding carboxylic acids is 1. The smallest absolute Gasteiger partial charge is 0.146 e. The van der Waals surface area contributed by atoms with E-state index in [4.69, 9.17) is 0 Å². The summed E-state index contributed by atoms with van der Waals surface area (Å²) in [6.07, 6.45) is 9.48.